The smallest absolute Gasteiger partial charge is 0.118 e. The van der Waals surface area contributed by atoms with E-state index in [0.717, 1.165) is 17.0 Å². The van der Waals surface area contributed by atoms with Crippen LogP contribution in [0.2, 0.25) is 0 Å². The van der Waals surface area contributed by atoms with Crippen molar-refractivity contribution in [2.75, 3.05) is 7.11 Å². The van der Waals surface area contributed by atoms with Gasteiger partial charge in [-0.05, 0) is 23.8 Å². The number of nitrogens with zero attached hydrogens (tertiary/aromatic N) is 2. The lowest BCUT2D eigenvalue weighted by Gasteiger charge is -2.01. The number of ether oxygens (including phenoxy) is 1. The molecule has 86 valence electrons. The highest BCUT2D eigenvalue weighted by molar-refractivity contribution is 5.65. The summed E-state index contributed by atoms with van der Waals surface area (Å²) in [6.45, 7) is 3.96. The molecule has 0 saturated carbocycles. The minimum atomic E-state index is 0.857. The fraction of sp³-hybridized carbons (Fsp3) is 0.0714. The molecular weight excluding hydrogens is 212 g/mol. The molecule has 0 bridgehead atoms. The number of methoxy groups -OCH3 is 1. The first kappa shape index (κ1) is 11.2. The molecule has 0 N–H and O–H groups in total. The van der Waals surface area contributed by atoms with Crippen LogP contribution in [0.5, 0.6) is 5.75 Å². The molecule has 0 amide bonds. The highest BCUT2D eigenvalue weighted by atomic mass is 16.5. The Morgan fingerprint density at radius 2 is 2.12 bits per heavy atom. The van der Waals surface area contributed by atoms with E-state index < -0.39 is 0 Å². The minimum absolute atomic E-state index is 0.857. The van der Waals surface area contributed by atoms with E-state index in [4.69, 9.17) is 4.74 Å². The third kappa shape index (κ3) is 2.84. The Balaban J connectivity index is 2.07. The van der Waals surface area contributed by atoms with Crippen LogP contribution in [-0.4, -0.2) is 16.7 Å². The Bertz CT molecular complexity index is 510. The molecule has 2 aromatic rings. The van der Waals surface area contributed by atoms with Crippen LogP contribution >= 0.6 is 0 Å². The summed E-state index contributed by atoms with van der Waals surface area (Å²) >= 11 is 0. The van der Waals surface area contributed by atoms with Crippen molar-refractivity contribution in [2.45, 2.75) is 0 Å². The number of aromatic nitrogens is 2. The lowest BCUT2D eigenvalue weighted by atomic mass is 10.2. The van der Waals surface area contributed by atoms with Gasteiger partial charge in [-0.3, -0.25) is 0 Å². The number of benzene rings is 1. The monoisotopic (exact) mass is 226 g/mol. The van der Waals surface area contributed by atoms with Crippen LogP contribution in [0.25, 0.3) is 11.8 Å². The maximum absolute atomic E-state index is 5.10. The van der Waals surface area contributed by atoms with E-state index in [0.29, 0.717) is 0 Å². The second-order valence-corrected chi connectivity index (χ2v) is 3.57. The van der Waals surface area contributed by atoms with Crippen molar-refractivity contribution >= 4 is 11.8 Å². The zero-order valence-corrected chi connectivity index (χ0v) is 9.71. The maximum atomic E-state index is 5.10. The van der Waals surface area contributed by atoms with Gasteiger partial charge in [-0.1, -0.05) is 24.8 Å². The Morgan fingerprint density at radius 3 is 2.71 bits per heavy atom. The standard InChI is InChI=1S/C14H14N2O/c1-12(16-10-9-15-11-16)3-4-13-5-7-14(17-2)8-6-13/h3-11H,1H2,2H3/b4-3+. The topological polar surface area (TPSA) is 27.1 Å². The zero-order valence-electron chi connectivity index (χ0n) is 9.71. The van der Waals surface area contributed by atoms with E-state index in [1.807, 2.05) is 47.2 Å². The van der Waals surface area contributed by atoms with Gasteiger partial charge in [0, 0.05) is 18.1 Å². The number of hydrogen-bond donors (Lipinski definition) is 0. The average Bonchev–Trinajstić information content (AvgIpc) is 2.90. The summed E-state index contributed by atoms with van der Waals surface area (Å²) in [5.74, 6) is 0.857. The third-order valence-corrected chi connectivity index (χ3v) is 2.42. The first-order valence-corrected chi connectivity index (χ1v) is 5.29. The predicted molar refractivity (Wildman–Crippen MR) is 69.6 cm³/mol. The molecule has 0 fully saturated rings. The van der Waals surface area contributed by atoms with Crippen LogP contribution in [0.15, 0.2) is 55.6 Å². The number of rotatable bonds is 4. The van der Waals surface area contributed by atoms with Crippen LogP contribution in [-0.2, 0) is 0 Å². The van der Waals surface area contributed by atoms with Gasteiger partial charge >= 0.3 is 0 Å². The maximum Gasteiger partial charge on any atom is 0.118 e. The predicted octanol–water partition coefficient (Wildman–Crippen LogP) is 3.08. The van der Waals surface area contributed by atoms with Crippen molar-refractivity contribution in [2.24, 2.45) is 0 Å². The van der Waals surface area contributed by atoms with Crippen molar-refractivity contribution in [3.05, 3.63) is 61.2 Å². The molecule has 0 aliphatic rings. The van der Waals surface area contributed by atoms with Gasteiger partial charge in [0.2, 0.25) is 0 Å². The lowest BCUT2D eigenvalue weighted by Crippen LogP contribution is -1.87. The Labute approximate surface area is 101 Å². The summed E-state index contributed by atoms with van der Waals surface area (Å²) in [7, 11) is 1.66. The molecule has 0 saturated heterocycles. The molecule has 0 atom stereocenters. The van der Waals surface area contributed by atoms with Crippen LogP contribution in [0.4, 0.5) is 0 Å². The largest absolute Gasteiger partial charge is 0.497 e. The van der Waals surface area contributed by atoms with Gasteiger partial charge in [-0.15, -0.1) is 0 Å². The van der Waals surface area contributed by atoms with Gasteiger partial charge in [-0.25, -0.2) is 4.98 Å². The summed E-state index contributed by atoms with van der Waals surface area (Å²) in [5, 5.41) is 0. The first-order valence-electron chi connectivity index (χ1n) is 5.29. The van der Waals surface area contributed by atoms with Crippen LogP contribution < -0.4 is 4.74 Å². The zero-order chi connectivity index (χ0) is 12.1. The quantitative estimate of drug-likeness (QED) is 0.749. The Hall–Kier alpha value is -2.29. The molecule has 1 aromatic heterocycles. The van der Waals surface area contributed by atoms with Gasteiger partial charge in [0.15, 0.2) is 0 Å². The summed E-state index contributed by atoms with van der Waals surface area (Å²) in [4.78, 5) is 3.97. The highest BCUT2D eigenvalue weighted by Crippen LogP contribution is 2.13. The molecule has 0 unspecified atom stereocenters. The molecule has 1 aromatic carbocycles. The van der Waals surface area contributed by atoms with E-state index in [9.17, 15) is 0 Å². The molecule has 0 spiro atoms. The molecule has 2 rings (SSSR count). The number of imidazole rings is 1. The summed E-state index contributed by atoms with van der Waals surface area (Å²) in [6, 6.07) is 7.85. The van der Waals surface area contributed by atoms with Crippen molar-refractivity contribution in [1.29, 1.82) is 0 Å². The normalized spacial score (nSPS) is 10.6. The minimum Gasteiger partial charge on any atom is -0.497 e. The second-order valence-electron chi connectivity index (χ2n) is 3.57. The molecule has 3 nitrogen and oxygen atoms in total. The van der Waals surface area contributed by atoms with Gasteiger partial charge < -0.3 is 9.30 Å². The Kier molecular flexibility index (Phi) is 3.40. The van der Waals surface area contributed by atoms with E-state index in [1.165, 1.54) is 0 Å². The number of hydrogen-bond acceptors (Lipinski definition) is 2. The summed E-state index contributed by atoms with van der Waals surface area (Å²) in [5.41, 5.74) is 1.98. The molecule has 0 aliphatic heterocycles. The first-order chi connectivity index (χ1) is 8.29. The second kappa shape index (κ2) is 5.16. The van der Waals surface area contributed by atoms with Gasteiger partial charge in [0.1, 0.15) is 5.75 Å². The Morgan fingerprint density at radius 1 is 1.35 bits per heavy atom. The molecule has 1 heterocycles. The van der Waals surface area contributed by atoms with Crippen LogP contribution in [0.1, 0.15) is 5.56 Å². The summed E-state index contributed by atoms with van der Waals surface area (Å²) in [6.07, 6.45) is 9.26. The van der Waals surface area contributed by atoms with Crippen molar-refractivity contribution in [3.8, 4) is 5.75 Å². The van der Waals surface area contributed by atoms with Crippen LogP contribution in [0, 0.1) is 0 Å². The van der Waals surface area contributed by atoms with E-state index >= 15 is 0 Å². The van der Waals surface area contributed by atoms with E-state index in [2.05, 4.69) is 11.6 Å². The molecule has 0 aliphatic carbocycles. The van der Waals surface area contributed by atoms with E-state index in [1.54, 1.807) is 19.6 Å². The van der Waals surface area contributed by atoms with Gasteiger partial charge in [-0.2, -0.15) is 0 Å². The van der Waals surface area contributed by atoms with Gasteiger partial charge in [0.05, 0.1) is 13.4 Å². The molecular formula is C14H14N2O. The fourth-order valence-corrected chi connectivity index (χ4v) is 1.42. The highest BCUT2D eigenvalue weighted by Gasteiger charge is 1.92. The molecule has 3 heteroatoms. The average molecular weight is 226 g/mol. The van der Waals surface area contributed by atoms with E-state index in [-0.39, 0.29) is 0 Å². The van der Waals surface area contributed by atoms with Crippen LogP contribution in [0.3, 0.4) is 0 Å². The van der Waals surface area contributed by atoms with Crippen molar-refractivity contribution in [1.82, 2.24) is 9.55 Å². The van der Waals surface area contributed by atoms with Gasteiger partial charge in [0.25, 0.3) is 0 Å². The fourth-order valence-electron chi connectivity index (χ4n) is 1.42. The molecule has 0 radical (unpaired) electrons. The van der Waals surface area contributed by atoms with Crippen molar-refractivity contribution < 1.29 is 4.74 Å². The lowest BCUT2D eigenvalue weighted by molar-refractivity contribution is 0.415. The third-order valence-electron chi connectivity index (χ3n) is 2.42. The SMILES string of the molecule is C=C(/C=C/c1ccc(OC)cc1)n1ccnc1. The number of allylic oxidation sites excluding steroid dienone is 2. The summed E-state index contributed by atoms with van der Waals surface area (Å²) < 4.78 is 6.96. The molecule has 17 heavy (non-hydrogen) atoms. The van der Waals surface area contributed by atoms with Crippen molar-refractivity contribution in [3.63, 3.8) is 0 Å².